The molecule has 0 saturated carbocycles. The zero-order chi connectivity index (χ0) is 14.6. The quantitative estimate of drug-likeness (QED) is 0.871. The maximum Gasteiger partial charge on any atom is 0.407 e. The first kappa shape index (κ1) is 15.6. The fourth-order valence-electron chi connectivity index (χ4n) is 1.30. The summed E-state index contributed by atoms with van der Waals surface area (Å²) in [6.45, 7) is 5.23. The second-order valence-electron chi connectivity index (χ2n) is 4.87. The number of carbonyl (C=O) groups is 1. The maximum atomic E-state index is 13.3. The van der Waals surface area contributed by atoms with Gasteiger partial charge in [0, 0.05) is 12.1 Å². The van der Waals surface area contributed by atoms with Crippen LogP contribution in [0.25, 0.3) is 0 Å². The van der Waals surface area contributed by atoms with Gasteiger partial charge in [-0.25, -0.2) is 14.2 Å². The molecule has 0 aliphatic carbocycles. The van der Waals surface area contributed by atoms with Gasteiger partial charge in [-0.2, -0.15) is 4.39 Å². The van der Waals surface area contributed by atoms with E-state index in [2.05, 4.69) is 10.3 Å². The zero-order valence-electron chi connectivity index (χ0n) is 10.9. The highest BCUT2D eigenvalue weighted by molar-refractivity contribution is 6.31. The molecule has 106 valence electrons. The highest BCUT2D eigenvalue weighted by atomic mass is 35.5. The van der Waals surface area contributed by atoms with Crippen LogP contribution >= 0.6 is 11.6 Å². The normalized spacial score (nSPS) is 11.3. The standard InChI is InChI=1S/C12H15ClF2N2O2/c1-12(2,3)19-11(18)16-5-4-7-9(13)8(14)6-17-10(7)15/h6H,4-5H2,1-3H3,(H,16,18). The van der Waals surface area contributed by atoms with E-state index in [4.69, 9.17) is 16.3 Å². The number of alkyl carbamates (subject to hydrolysis) is 1. The molecule has 0 fully saturated rings. The van der Waals surface area contributed by atoms with Crippen LogP contribution in [0.3, 0.4) is 0 Å². The summed E-state index contributed by atoms with van der Waals surface area (Å²) in [7, 11) is 0. The molecule has 0 spiro atoms. The van der Waals surface area contributed by atoms with Crippen LogP contribution in [0, 0.1) is 11.8 Å². The van der Waals surface area contributed by atoms with Crippen molar-refractivity contribution in [3.05, 3.63) is 28.5 Å². The van der Waals surface area contributed by atoms with Crippen LogP contribution in [-0.2, 0) is 11.2 Å². The number of carbonyl (C=O) groups excluding carboxylic acids is 1. The number of hydrogen-bond donors (Lipinski definition) is 1. The second-order valence-corrected chi connectivity index (χ2v) is 5.25. The Hall–Kier alpha value is -1.43. The predicted octanol–water partition coefficient (Wildman–Crippen LogP) is 3.08. The summed E-state index contributed by atoms with van der Waals surface area (Å²) in [5.74, 6) is -1.65. The highest BCUT2D eigenvalue weighted by Crippen LogP contribution is 2.21. The number of pyridine rings is 1. The Morgan fingerprint density at radius 1 is 1.47 bits per heavy atom. The molecular weight excluding hydrogens is 278 g/mol. The smallest absolute Gasteiger partial charge is 0.407 e. The lowest BCUT2D eigenvalue weighted by molar-refractivity contribution is 0.0528. The van der Waals surface area contributed by atoms with Crippen molar-refractivity contribution in [3.63, 3.8) is 0 Å². The lowest BCUT2D eigenvalue weighted by atomic mass is 10.2. The van der Waals surface area contributed by atoms with Crippen molar-refractivity contribution >= 4 is 17.7 Å². The maximum absolute atomic E-state index is 13.3. The van der Waals surface area contributed by atoms with E-state index in [0.29, 0.717) is 6.20 Å². The summed E-state index contributed by atoms with van der Waals surface area (Å²) >= 11 is 5.62. The van der Waals surface area contributed by atoms with Crippen LogP contribution < -0.4 is 5.32 Å². The number of aromatic nitrogens is 1. The van der Waals surface area contributed by atoms with E-state index in [-0.39, 0.29) is 23.6 Å². The van der Waals surface area contributed by atoms with E-state index in [1.807, 2.05) is 0 Å². The molecule has 7 heteroatoms. The first-order valence-electron chi connectivity index (χ1n) is 5.66. The van der Waals surface area contributed by atoms with Gasteiger partial charge in [0.2, 0.25) is 5.95 Å². The van der Waals surface area contributed by atoms with Gasteiger partial charge in [0.15, 0.2) is 5.82 Å². The SMILES string of the molecule is CC(C)(C)OC(=O)NCCc1c(F)ncc(F)c1Cl. The molecular formula is C12H15ClF2N2O2. The van der Waals surface area contributed by atoms with Crippen molar-refractivity contribution < 1.29 is 18.3 Å². The molecule has 0 atom stereocenters. The summed E-state index contributed by atoms with van der Waals surface area (Å²) < 4.78 is 31.4. The van der Waals surface area contributed by atoms with Crippen molar-refractivity contribution in [1.29, 1.82) is 0 Å². The molecule has 0 aliphatic heterocycles. The summed E-state index contributed by atoms with van der Waals surface area (Å²) in [5.41, 5.74) is -0.689. The van der Waals surface area contributed by atoms with Crippen LogP contribution in [0.5, 0.6) is 0 Å². The van der Waals surface area contributed by atoms with Gasteiger partial charge in [0.05, 0.1) is 11.2 Å². The summed E-state index contributed by atoms with van der Waals surface area (Å²) in [6, 6.07) is 0. The molecule has 0 saturated heterocycles. The van der Waals surface area contributed by atoms with Gasteiger partial charge in [-0.3, -0.25) is 0 Å². The van der Waals surface area contributed by atoms with Gasteiger partial charge in [0.25, 0.3) is 0 Å². The van der Waals surface area contributed by atoms with Crippen molar-refractivity contribution in [2.24, 2.45) is 0 Å². The molecule has 1 rings (SSSR count). The van der Waals surface area contributed by atoms with Gasteiger partial charge in [-0.05, 0) is 27.2 Å². The molecule has 1 aromatic heterocycles. The van der Waals surface area contributed by atoms with E-state index in [0.717, 1.165) is 0 Å². The second kappa shape index (κ2) is 6.14. The zero-order valence-corrected chi connectivity index (χ0v) is 11.6. The van der Waals surface area contributed by atoms with Crippen molar-refractivity contribution in [1.82, 2.24) is 10.3 Å². The first-order chi connectivity index (χ1) is 8.70. The third-order valence-corrected chi connectivity index (χ3v) is 2.47. The summed E-state index contributed by atoms with van der Waals surface area (Å²) in [5, 5.41) is 2.10. The Morgan fingerprint density at radius 2 is 2.11 bits per heavy atom. The highest BCUT2D eigenvalue weighted by Gasteiger charge is 2.17. The molecule has 4 nitrogen and oxygen atoms in total. The van der Waals surface area contributed by atoms with Crippen LogP contribution in [0.1, 0.15) is 26.3 Å². The van der Waals surface area contributed by atoms with Gasteiger partial charge in [-0.1, -0.05) is 11.6 Å². The van der Waals surface area contributed by atoms with E-state index >= 15 is 0 Å². The topological polar surface area (TPSA) is 51.2 Å². The van der Waals surface area contributed by atoms with Crippen LogP contribution in [-0.4, -0.2) is 23.2 Å². The number of halogens is 3. The molecule has 0 unspecified atom stereocenters. The largest absolute Gasteiger partial charge is 0.444 e. The number of nitrogens with zero attached hydrogens (tertiary/aromatic N) is 1. The van der Waals surface area contributed by atoms with E-state index < -0.39 is 23.5 Å². The van der Waals surface area contributed by atoms with E-state index in [1.54, 1.807) is 20.8 Å². The first-order valence-corrected chi connectivity index (χ1v) is 6.03. The minimum Gasteiger partial charge on any atom is -0.444 e. The van der Waals surface area contributed by atoms with Gasteiger partial charge in [-0.15, -0.1) is 0 Å². The average Bonchev–Trinajstić information content (AvgIpc) is 2.26. The molecule has 0 aromatic carbocycles. The molecule has 1 amide bonds. The number of ether oxygens (including phenoxy) is 1. The summed E-state index contributed by atoms with van der Waals surface area (Å²) in [6.07, 6.45) is 0.102. The van der Waals surface area contributed by atoms with Crippen molar-refractivity contribution in [2.45, 2.75) is 32.8 Å². The van der Waals surface area contributed by atoms with Gasteiger partial charge < -0.3 is 10.1 Å². The number of rotatable bonds is 3. The van der Waals surface area contributed by atoms with E-state index in [9.17, 15) is 13.6 Å². The van der Waals surface area contributed by atoms with Gasteiger partial charge in [0.1, 0.15) is 5.60 Å². The fourth-order valence-corrected chi connectivity index (χ4v) is 1.52. The monoisotopic (exact) mass is 292 g/mol. The molecule has 19 heavy (non-hydrogen) atoms. The Morgan fingerprint density at radius 3 is 2.68 bits per heavy atom. The van der Waals surface area contributed by atoms with Crippen LogP contribution in [0.2, 0.25) is 5.02 Å². The molecule has 1 N–H and O–H groups in total. The molecule has 0 aliphatic rings. The minimum absolute atomic E-state index is 0.0225. The van der Waals surface area contributed by atoms with Crippen molar-refractivity contribution in [3.8, 4) is 0 Å². The third-order valence-electron chi connectivity index (χ3n) is 2.06. The summed E-state index contributed by atoms with van der Waals surface area (Å²) in [4.78, 5) is 14.6. The lowest BCUT2D eigenvalue weighted by Gasteiger charge is -2.19. The van der Waals surface area contributed by atoms with E-state index in [1.165, 1.54) is 0 Å². The van der Waals surface area contributed by atoms with Crippen molar-refractivity contribution in [2.75, 3.05) is 6.54 Å². The molecule has 0 radical (unpaired) electrons. The Balaban J connectivity index is 2.55. The fraction of sp³-hybridized carbons (Fsp3) is 0.500. The third kappa shape index (κ3) is 4.98. The number of amides is 1. The van der Waals surface area contributed by atoms with Crippen LogP contribution in [0.4, 0.5) is 13.6 Å². The Labute approximate surface area is 115 Å². The predicted molar refractivity (Wildman–Crippen MR) is 67.1 cm³/mol. The number of hydrogen-bond acceptors (Lipinski definition) is 3. The Bertz CT molecular complexity index is 476. The Kier molecular flexibility index (Phi) is 5.05. The molecule has 0 bridgehead atoms. The van der Waals surface area contributed by atoms with Gasteiger partial charge >= 0.3 is 6.09 Å². The average molecular weight is 293 g/mol. The van der Waals surface area contributed by atoms with Crippen LogP contribution in [0.15, 0.2) is 6.20 Å². The molecule has 1 heterocycles. The minimum atomic E-state index is -0.850. The number of nitrogens with one attached hydrogen (secondary N) is 1. The lowest BCUT2D eigenvalue weighted by Crippen LogP contribution is -2.33. The molecule has 1 aromatic rings.